The van der Waals surface area contributed by atoms with E-state index in [4.69, 9.17) is 17.3 Å². The second-order valence-electron chi connectivity index (χ2n) is 4.12. The maximum atomic E-state index is 11.6. The molecule has 2 N–H and O–H groups in total. The monoisotopic (exact) mass is 238 g/mol. The Morgan fingerprint density at radius 2 is 2.19 bits per heavy atom. The van der Waals surface area contributed by atoms with Gasteiger partial charge in [-0.25, -0.2) is 0 Å². The second kappa shape index (κ2) is 4.74. The first-order valence-electron chi connectivity index (χ1n) is 5.48. The molecular formula is C12H15ClN2O. The number of halogens is 1. The predicted octanol–water partition coefficient (Wildman–Crippen LogP) is 2.43. The molecule has 1 saturated heterocycles. The van der Waals surface area contributed by atoms with Crippen molar-refractivity contribution in [2.75, 3.05) is 12.3 Å². The Kier molecular flexibility index (Phi) is 3.34. The van der Waals surface area contributed by atoms with Crippen LogP contribution in [0.5, 0.6) is 0 Å². The van der Waals surface area contributed by atoms with E-state index in [1.54, 1.807) is 6.07 Å². The Bertz CT molecular complexity index is 406. The number of likely N-dealkylation sites (tertiary alicyclic amines) is 1. The minimum absolute atomic E-state index is 0.223. The third kappa shape index (κ3) is 2.47. The summed E-state index contributed by atoms with van der Waals surface area (Å²) >= 11 is 5.83. The van der Waals surface area contributed by atoms with E-state index < -0.39 is 0 Å². The first-order chi connectivity index (χ1) is 7.66. The Morgan fingerprint density at radius 1 is 1.38 bits per heavy atom. The van der Waals surface area contributed by atoms with Crippen LogP contribution in [0.3, 0.4) is 0 Å². The third-order valence-corrected chi connectivity index (χ3v) is 3.13. The van der Waals surface area contributed by atoms with Crippen LogP contribution in [-0.4, -0.2) is 17.4 Å². The lowest BCUT2D eigenvalue weighted by atomic mass is 10.1. The fraction of sp³-hybridized carbons (Fsp3) is 0.417. The number of nitrogens with two attached hydrogens (primary N) is 1. The molecule has 0 radical (unpaired) electrons. The zero-order valence-electron chi connectivity index (χ0n) is 9.08. The lowest BCUT2D eigenvalue weighted by molar-refractivity contribution is -0.133. The van der Waals surface area contributed by atoms with Crippen LogP contribution < -0.4 is 5.73 Å². The van der Waals surface area contributed by atoms with Gasteiger partial charge < -0.3 is 10.6 Å². The molecule has 0 aromatic heterocycles. The summed E-state index contributed by atoms with van der Waals surface area (Å²) in [5, 5.41) is 0.631. The van der Waals surface area contributed by atoms with E-state index >= 15 is 0 Å². The number of piperidine rings is 1. The molecule has 0 unspecified atom stereocenters. The number of amides is 1. The van der Waals surface area contributed by atoms with E-state index in [0.717, 1.165) is 24.9 Å². The molecule has 1 aliphatic rings. The highest BCUT2D eigenvalue weighted by Crippen LogP contribution is 2.21. The first-order valence-corrected chi connectivity index (χ1v) is 5.86. The molecule has 0 bridgehead atoms. The van der Waals surface area contributed by atoms with Crippen LogP contribution in [0, 0.1) is 0 Å². The van der Waals surface area contributed by atoms with Crippen LogP contribution in [0.25, 0.3) is 0 Å². The van der Waals surface area contributed by atoms with Crippen molar-refractivity contribution in [1.29, 1.82) is 0 Å². The van der Waals surface area contributed by atoms with Gasteiger partial charge in [0.2, 0.25) is 5.91 Å². The van der Waals surface area contributed by atoms with Crippen LogP contribution in [0.2, 0.25) is 5.02 Å². The van der Waals surface area contributed by atoms with Crippen LogP contribution in [0.1, 0.15) is 24.8 Å². The molecule has 0 spiro atoms. The normalized spacial score (nSPS) is 16.6. The van der Waals surface area contributed by atoms with E-state index in [2.05, 4.69) is 0 Å². The number of nitrogen functional groups attached to an aromatic ring is 1. The van der Waals surface area contributed by atoms with Crippen molar-refractivity contribution >= 4 is 23.2 Å². The van der Waals surface area contributed by atoms with Gasteiger partial charge in [-0.15, -0.1) is 0 Å². The molecule has 86 valence electrons. The largest absolute Gasteiger partial charge is 0.398 e. The van der Waals surface area contributed by atoms with Crippen molar-refractivity contribution in [2.24, 2.45) is 0 Å². The molecule has 16 heavy (non-hydrogen) atoms. The zero-order chi connectivity index (χ0) is 11.5. The number of rotatable bonds is 2. The van der Waals surface area contributed by atoms with Crippen LogP contribution >= 0.6 is 11.6 Å². The molecule has 1 amide bonds. The topological polar surface area (TPSA) is 46.3 Å². The van der Waals surface area contributed by atoms with Crippen molar-refractivity contribution in [3.05, 3.63) is 28.8 Å². The summed E-state index contributed by atoms with van der Waals surface area (Å²) in [6.45, 7) is 1.43. The molecule has 1 aromatic rings. The van der Waals surface area contributed by atoms with Gasteiger partial charge in [-0.05, 0) is 30.5 Å². The molecule has 0 aliphatic carbocycles. The Hall–Kier alpha value is -1.22. The summed E-state index contributed by atoms with van der Waals surface area (Å²) in [6, 6.07) is 5.42. The predicted molar refractivity (Wildman–Crippen MR) is 65.1 cm³/mol. The van der Waals surface area contributed by atoms with Gasteiger partial charge in [0.15, 0.2) is 0 Å². The number of carbonyl (C=O) groups is 1. The van der Waals surface area contributed by atoms with Gasteiger partial charge >= 0.3 is 0 Å². The molecule has 1 heterocycles. The van der Waals surface area contributed by atoms with Gasteiger partial charge in [0, 0.05) is 30.2 Å². The molecule has 0 atom stereocenters. The van der Waals surface area contributed by atoms with E-state index in [1.165, 1.54) is 0 Å². The number of carbonyl (C=O) groups excluding carboxylic acids is 1. The molecular weight excluding hydrogens is 224 g/mol. The number of nitrogens with zero attached hydrogens (tertiary/aromatic N) is 1. The lowest BCUT2D eigenvalue weighted by Crippen LogP contribution is -2.34. The minimum atomic E-state index is 0.223. The van der Waals surface area contributed by atoms with Gasteiger partial charge in [0.05, 0.1) is 0 Å². The molecule has 0 saturated carbocycles. The number of anilines is 1. The summed E-state index contributed by atoms with van der Waals surface area (Å²) in [5.74, 6) is 0.223. The highest BCUT2D eigenvalue weighted by atomic mass is 35.5. The van der Waals surface area contributed by atoms with E-state index in [0.29, 0.717) is 23.7 Å². The van der Waals surface area contributed by atoms with Gasteiger partial charge in [0.25, 0.3) is 0 Å². The maximum absolute atomic E-state index is 11.6. The summed E-state index contributed by atoms with van der Waals surface area (Å²) in [7, 11) is 0. The second-order valence-corrected chi connectivity index (χ2v) is 4.55. The van der Waals surface area contributed by atoms with Crippen molar-refractivity contribution in [1.82, 2.24) is 4.90 Å². The van der Waals surface area contributed by atoms with Crippen LogP contribution in [-0.2, 0) is 11.3 Å². The standard InChI is InChI=1S/C12H15ClN2O/c13-10-5-4-9(11(14)7-10)8-15-6-2-1-3-12(15)16/h4-5,7H,1-3,6,8,14H2. The summed E-state index contributed by atoms with van der Waals surface area (Å²) < 4.78 is 0. The zero-order valence-corrected chi connectivity index (χ0v) is 9.83. The quantitative estimate of drug-likeness (QED) is 0.805. The number of hydrogen-bond donors (Lipinski definition) is 1. The van der Waals surface area contributed by atoms with Crippen molar-refractivity contribution in [2.45, 2.75) is 25.8 Å². The highest BCUT2D eigenvalue weighted by Gasteiger charge is 2.18. The Labute approximate surface area is 100 Å². The molecule has 2 rings (SSSR count). The van der Waals surface area contributed by atoms with Gasteiger partial charge in [-0.3, -0.25) is 4.79 Å². The fourth-order valence-electron chi connectivity index (χ4n) is 1.94. The lowest BCUT2D eigenvalue weighted by Gasteiger charge is -2.27. The van der Waals surface area contributed by atoms with Crippen LogP contribution in [0.15, 0.2) is 18.2 Å². The minimum Gasteiger partial charge on any atom is -0.398 e. The Balaban J connectivity index is 2.10. The van der Waals surface area contributed by atoms with Gasteiger partial charge in [0.1, 0.15) is 0 Å². The first kappa shape index (κ1) is 11.3. The van der Waals surface area contributed by atoms with Crippen molar-refractivity contribution in [3.63, 3.8) is 0 Å². The average Bonchev–Trinajstić information content (AvgIpc) is 2.25. The average molecular weight is 239 g/mol. The molecule has 4 heteroatoms. The third-order valence-electron chi connectivity index (χ3n) is 2.89. The molecule has 1 fully saturated rings. The fourth-order valence-corrected chi connectivity index (χ4v) is 2.12. The summed E-state index contributed by atoms with van der Waals surface area (Å²) in [4.78, 5) is 13.5. The SMILES string of the molecule is Nc1cc(Cl)ccc1CN1CCCCC1=O. The Morgan fingerprint density at radius 3 is 2.88 bits per heavy atom. The summed E-state index contributed by atoms with van der Waals surface area (Å²) in [6.07, 6.45) is 2.75. The van der Waals surface area contributed by atoms with Gasteiger partial charge in [-0.2, -0.15) is 0 Å². The van der Waals surface area contributed by atoms with Crippen molar-refractivity contribution in [3.8, 4) is 0 Å². The van der Waals surface area contributed by atoms with Crippen molar-refractivity contribution < 1.29 is 4.79 Å². The maximum Gasteiger partial charge on any atom is 0.222 e. The van der Waals surface area contributed by atoms with Crippen LogP contribution in [0.4, 0.5) is 5.69 Å². The van der Waals surface area contributed by atoms with E-state index in [-0.39, 0.29) is 5.91 Å². The van der Waals surface area contributed by atoms with E-state index in [1.807, 2.05) is 17.0 Å². The molecule has 1 aromatic carbocycles. The smallest absolute Gasteiger partial charge is 0.222 e. The highest BCUT2D eigenvalue weighted by molar-refractivity contribution is 6.30. The molecule has 1 aliphatic heterocycles. The number of hydrogen-bond acceptors (Lipinski definition) is 2. The van der Waals surface area contributed by atoms with E-state index in [9.17, 15) is 4.79 Å². The van der Waals surface area contributed by atoms with Gasteiger partial charge in [-0.1, -0.05) is 17.7 Å². The summed E-state index contributed by atoms with van der Waals surface area (Å²) in [5.41, 5.74) is 7.49. The molecule has 3 nitrogen and oxygen atoms in total. The number of benzene rings is 1.